The summed E-state index contributed by atoms with van der Waals surface area (Å²) in [4.78, 5) is 0. The van der Waals surface area contributed by atoms with Gasteiger partial charge in [-0.2, -0.15) is 0 Å². The Bertz CT molecular complexity index is 377. The fraction of sp³-hybridized carbons (Fsp3) is 0.647. The van der Waals surface area contributed by atoms with E-state index in [9.17, 15) is 0 Å². The number of rotatable bonds is 6. The highest BCUT2D eigenvalue weighted by Crippen LogP contribution is 2.51. The Labute approximate surface area is 112 Å². The smallest absolute Gasteiger partial charge is 0.0317 e. The second kappa shape index (κ2) is 5.44. The first-order valence-corrected chi connectivity index (χ1v) is 7.39. The third-order valence-electron chi connectivity index (χ3n) is 4.53. The van der Waals surface area contributed by atoms with Crippen molar-refractivity contribution in [2.45, 2.75) is 53.0 Å². The molecule has 18 heavy (non-hydrogen) atoms. The third-order valence-corrected chi connectivity index (χ3v) is 4.53. The van der Waals surface area contributed by atoms with Crippen molar-refractivity contribution in [2.75, 3.05) is 6.54 Å². The van der Waals surface area contributed by atoms with Crippen LogP contribution in [-0.2, 0) is 6.42 Å². The Hall–Kier alpha value is -0.820. The van der Waals surface area contributed by atoms with Crippen LogP contribution in [0.15, 0.2) is 24.3 Å². The lowest BCUT2D eigenvalue weighted by Crippen LogP contribution is -2.24. The Morgan fingerprint density at radius 3 is 2.28 bits per heavy atom. The molecule has 0 heterocycles. The Kier molecular flexibility index (Phi) is 4.11. The lowest BCUT2D eigenvalue weighted by atomic mass is 10.0. The molecular formula is C17H27N. The van der Waals surface area contributed by atoms with E-state index in [4.69, 9.17) is 0 Å². The summed E-state index contributed by atoms with van der Waals surface area (Å²) in [5.41, 5.74) is 3.45. The minimum absolute atomic E-state index is 0.521. The molecule has 1 heteroatoms. The van der Waals surface area contributed by atoms with E-state index in [0.29, 0.717) is 11.5 Å². The minimum atomic E-state index is 0.521. The van der Waals surface area contributed by atoms with Gasteiger partial charge in [0.05, 0.1) is 0 Å². The summed E-state index contributed by atoms with van der Waals surface area (Å²) in [7, 11) is 0. The van der Waals surface area contributed by atoms with Crippen molar-refractivity contribution < 1.29 is 0 Å². The van der Waals surface area contributed by atoms with Gasteiger partial charge in [-0.25, -0.2) is 0 Å². The predicted octanol–water partition coefficient (Wildman–Crippen LogP) is 4.34. The molecule has 1 saturated carbocycles. The number of hydrogen-bond acceptors (Lipinski definition) is 1. The molecular weight excluding hydrogens is 218 g/mol. The zero-order valence-corrected chi connectivity index (χ0v) is 12.3. The van der Waals surface area contributed by atoms with Gasteiger partial charge in [-0.1, -0.05) is 52.0 Å². The summed E-state index contributed by atoms with van der Waals surface area (Å²) in [5.74, 6) is 0.876. The van der Waals surface area contributed by atoms with E-state index in [2.05, 4.69) is 57.3 Å². The van der Waals surface area contributed by atoms with Gasteiger partial charge in [0.2, 0.25) is 0 Å². The van der Waals surface area contributed by atoms with Gasteiger partial charge >= 0.3 is 0 Å². The third kappa shape index (κ3) is 3.14. The molecule has 2 rings (SSSR count). The van der Waals surface area contributed by atoms with Crippen LogP contribution in [0.2, 0.25) is 0 Å². The van der Waals surface area contributed by atoms with Crippen LogP contribution < -0.4 is 5.32 Å². The van der Waals surface area contributed by atoms with Crippen LogP contribution in [-0.4, -0.2) is 6.54 Å². The summed E-state index contributed by atoms with van der Waals surface area (Å²) >= 11 is 0. The fourth-order valence-corrected chi connectivity index (χ4v) is 2.69. The van der Waals surface area contributed by atoms with Crippen molar-refractivity contribution in [3.63, 3.8) is 0 Å². The molecule has 0 spiro atoms. The standard InChI is InChI=1S/C17H27N/c1-5-13-7-9-14(10-8-13)16(6-2)18-12-15-11-17(15,3)4/h7-10,15-16,18H,5-6,11-12H2,1-4H3. The molecule has 0 aliphatic heterocycles. The van der Waals surface area contributed by atoms with Crippen molar-refractivity contribution in [3.8, 4) is 0 Å². The minimum Gasteiger partial charge on any atom is -0.310 e. The van der Waals surface area contributed by atoms with E-state index in [1.54, 1.807) is 0 Å². The van der Waals surface area contributed by atoms with Crippen LogP contribution >= 0.6 is 0 Å². The second-order valence-electron chi connectivity index (χ2n) is 6.35. The molecule has 0 amide bonds. The number of hydrogen-bond donors (Lipinski definition) is 1. The summed E-state index contributed by atoms with van der Waals surface area (Å²) in [6, 6.07) is 9.63. The van der Waals surface area contributed by atoms with E-state index < -0.39 is 0 Å². The maximum Gasteiger partial charge on any atom is 0.0317 e. The van der Waals surface area contributed by atoms with Gasteiger partial charge in [-0.05, 0) is 48.3 Å². The van der Waals surface area contributed by atoms with Crippen molar-refractivity contribution >= 4 is 0 Å². The Morgan fingerprint density at radius 1 is 1.22 bits per heavy atom. The molecule has 1 fully saturated rings. The molecule has 2 atom stereocenters. The van der Waals surface area contributed by atoms with Gasteiger partial charge in [0, 0.05) is 6.04 Å². The highest BCUT2D eigenvalue weighted by Gasteiger charge is 2.44. The molecule has 1 aromatic rings. The topological polar surface area (TPSA) is 12.0 Å². The van der Waals surface area contributed by atoms with Gasteiger partial charge in [-0.3, -0.25) is 0 Å². The van der Waals surface area contributed by atoms with Crippen molar-refractivity contribution in [1.29, 1.82) is 0 Å². The molecule has 1 aromatic carbocycles. The average molecular weight is 245 g/mol. The van der Waals surface area contributed by atoms with E-state index in [-0.39, 0.29) is 0 Å². The van der Waals surface area contributed by atoms with Gasteiger partial charge in [0.1, 0.15) is 0 Å². The largest absolute Gasteiger partial charge is 0.310 e. The highest BCUT2D eigenvalue weighted by molar-refractivity contribution is 5.25. The molecule has 1 aliphatic carbocycles. The molecule has 100 valence electrons. The predicted molar refractivity (Wildman–Crippen MR) is 78.7 cm³/mol. The Morgan fingerprint density at radius 2 is 1.83 bits per heavy atom. The van der Waals surface area contributed by atoms with Crippen LogP contribution in [0.4, 0.5) is 0 Å². The zero-order valence-electron chi connectivity index (χ0n) is 12.3. The summed E-state index contributed by atoms with van der Waals surface area (Å²) in [5, 5.41) is 3.74. The molecule has 0 bridgehead atoms. The fourth-order valence-electron chi connectivity index (χ4n) is 2.69. The molecule has 1 N–H and O–H groups in total. The molecule has 0 radical (unpaired) electrons. The molecule has 0 saturated heterocycles. The van der Waals surface area contributed by atoms with Crippen molar-refractivity contribution in [1.82, 2.24) is 5.32 Å². The van der Waals surface area contributed by atoms with Gasteiger partial charge in [-0.15, -0.1) is 0 Å². The lowest BCUT2D eigenvalue weighted by molar-refractivity contribution is 0.460. The molecule has 0 aromatic heterocycles. The zero-order chi connectivity index (χ0) is 13.2. The van der Waals surface area contributed by atoms with E-state index in [1.165, 1.54) is 30.5 Å². The van der Waals surface area contributed by atoms with E-state index in [0.717, 1.165) is 12.3 Å². The number of benzene rings is 1. The number of aryl methyl sites for hydroxylation is 1. The van der Waals surface area contributed by atoms with Crippen molar-refractivity contribution in [3.05, 3.63) is 35.4 Å². The van der Waals surface area contributed by atoms with E-state index >= 15 is 0 Å². The van der Waals surface area contributed by atoms with Crippen LogP contribution in [0.3, 0.4) is 0 Å². The Balaban J connectivity index is 1.91. The highest BCUT2D eigenvalue weighted by atomic mass is 14.9. The normalized spacial score (nSPS) is 22.8. The average Bonchev–Trinajstić information content (AvgIpc) is 2.98. The summed E-state index contributed by atoms with van der Waals surface area (Å²) in [6.07, 6.45) is 3.67. The van der Waals surface area contributed by atoms with Crippen LogP contribution in [0.5, 0.6) is 0 Å². The monoisotopic (exact) mass is 245 g/mol. The van der Waals surface area contributed by atoms with Crippen LogP contribution in [0.25, 0.3) is 0 Å². The van der Waals surface area contributed by atoms with Crippen LogP contribution in [0.1, 0.15) is 57.7 Å². The first kappa shape index (κ1) is 13.6. The maximum absolute atomic E-state index is 3.74. The molecule has 1 nitrogen and oxygen atoms in total. The molecule has 2 unspecified atom stereocenters. The quantitative estimate of drug-likeness (QED) is 0.786. The van der Waals surface area contributed by atoms with Crippen LogP contribution in [0, 0.1) is 11.3 Å². The second-order valence-corrected chi connectivity index (χ2v) is 6.35. The van der Waals surface area contributed by atoms with Gasteiger partial charge in [0.15, 0.2) is 0 Å². The summed E-state index contributed by atoms with van der Waals surface area (Å²) < 4.78 is 0. The van der Waals surface area contributed by atoms with E-state index in [1.807, 2.05) is 0 Å². The summed E-state index contributed by atoms with van der Waals surface area (Å²) in [6.45, 7) is 10.4. The van der Waals surface area contributed by atoms with Gasteiger partial charge < -0.3 is 5.32 Å². The number of nitrogens with one attached hydrogen (secondary N) is 1. The SMILES string of the molecule is CCc1ccc(C(CC)NCC2CC2(C)C)cc1. The first-order chi connectivity index (χ1) is 8.56. The maximum atomic E-state index is 3.74. The van der Waals surface area contributed by atoms with Gasteiger partial charge in [0.25, 0.3) is 0 Å². The first-order valence-electron chi connectivity index (χ1n) is 7.39. The molecule has 1 aliphatic rings. The van der Waals surface area contributed by atoms with Crippen molar-refractivity contribution in [2.24, 2.45) is 11.3 Å². The lowest BCUT2D eigenvalue weighted by Gasteiger charge is -2.18.